The zero-order valence-electron chi connectivity index (χ0n) is 24.0. The number of nitrogens with two attached hydrogens (primary N) is 2. The van der Waals surface area contributed by atoms with Crippen LogP contribution >= 0.6 is 14.5 Å². The number of aromatic amines is 1. The highest BCUT2D eigenvalue weighted by Crippen LogP contribution is 2.72. The van der Waals surface area contributed by atoms with E-state index in [9.17, 15) is 24.3 Å². The van der Waals surface area contributed by atoms with Crippen LogP contribution in [0.4, 0.5) is 11.8 Å². The number of aliphatic hydroxyl groups is 1. The van der Waals surface area contributed by atoms with Crippen LogP contribution in [0.25, 0.3) is 22.3 Å². The van der Waals surface area contributed by atoms with E-state index in [2.05, 4.69) is 35.2 Å². The predicted octanol–water partition coefficient (Wildman–Crippen LogP) is -1.51. The molecule has 11 atom stereocenters. The van der Waals surface area contributed by atoms with Gasteiger partial charge >= 0.3 is 14.5 Å². The fraction of sp³-hybridized carbons (Fsp3) is 0.591. The molecule has 4 fully saturated rings. The van der Waals surface area contributed by atoms with Crippen molar-refractivity contribution in [2.45, 2.75) is 49.2 Å². The van der Waals surface area contributed by atoms with Gasteiger partial charge in [0.05, 0.1) is 25.6 Å². The highest BCUT2D eigenvalue weighted by Gasteiger charge is 2.74. The molecule has 3 unspecified atom stereocenters. The van der Waals surface area contributed by atoms with Crippen molar-refractivity contribution in [1.82, 2.24) is 44.5 Å². The molecule has 0 aromatic carbocycles. The molecule has 8 rings (SSSR count). The molecule has 2 saturated carbocycles. The number of fused-ring (bicyclic) bond motifs is 4. The number of imidazole rings is 1. The van der Waals surface area contributed by atoms with Crippen LogP contribution in [0, 0.1) is 11.3 Å². The molecular formula is C22H27N11O11P2S. The molecule has 22 nitrogen and oxygen atoms in total. The van der Waals surface area contributed by atoms with Gasteiger partial charge in [-0.1, -0.05) is 5.21 Å². The number of phosphoric ester groups is 1. The average molecular weight is 716 g/mol. The molecule has 25 heteroatoms. The van der Waals surface area contributed by atoms with Gasteiger partial charge in [0.25, 0.3) is 5.56 Å². The van der Waals surface area contributed by atoms with Crippen molar-refractivity contribution >= 4 is 60.4 Å². The second-order valence-corrected chi connectivity index (χ2v) is 15.8. The van der Waals surface area contributed by atoms with Crippen LogP contribution in [-0.2, 0) is 43.9 Å². The third-order valence-corrected chi connectivity index (χ3v) is 11.6. The standard InChI is InChI=1S/C22H27N11O11P2S/c1-39-13-8-3-40-46(38,47)44-15-12(34)11(32-6-27-9-16(23)25-5-26-17(9)32)7-2-22(7,15)4-41-45(36,37)43-14(13)20(42-8)33-18-10(30-31-33)19(35)29-21(24)28-18/h5-8,11-15,20,34H,2-4H2,1H3,(H,36,37)(H,38,47)(H2,23,25,26)(H3,24,28,29,35)/t7-,8-,11-,12+,13-,14-,15+,20-,22?,46?/m1/s1. The highest BCUT2D eigenvalue weighted by atomic mass is 32.5. The van der Waals surface area contributed by atoms with Crippen molar-refractivity contribution in [2.24, 2.45) is 11.3 Å². The van der Waals surface area contributed by atoms with E-state index < -0.39 is 87.4 Å². The van der Waals surface area contributed by atoms with E-state index >= 15 is 0 Å². The van der Waals surface area contributed by atoms with Crippen molar-refractivity contribution in [2.75, 3.05) is 31.8 Å². The van der Waals surface area contributed by atoms with Gasteiger partial charge in [-0.15, -0.1) is 5.10 Å². The fourth-order valence-electron chi connectivity index (χ4n) is 6.95. The molecule has 8 N–H and O–H groups in total. The van der Waals surface area contributed by atoms with Crippen LogP contribution in [0.1, 0.15) is 18.7 Å². The Balaban J connectivity index is 1.15. The number of methoxy groups -OCH3 is 1. The molecule has 4 aromatic heterocycles. The van der Waals surface area contributed by atoms with Gasteiger partial charge in [0.2, 0.25) is 5.95 Å². The van der Waals surface area contributed by atoms with Crippen LogP contribution in [0.15, 0.2) is 17.4 Å². The lowest BCUT2D eigenvalue weighted by Gasteiger charge is -2.31. The summed E-state index contributed by atoms with van der Waals surface area (Å²) in [7, 11) is -3.67. The summed E-state index contributed by atoms with van der Waals surface area (Å²) in [6.45, 7) is -5.05. The van der Waals surface area contributed by atoms with Gasteiger partial charge in [0, 0.05) is 12.5 Å². The number of nitrogen functional groups attached to an aromatic ring is 2. The summed E-state index contributed by atoms with van der Waals surface area (Å²) >= 11 is 5.36. The van der Waals surface area contributed by atoms with Crippen LogP contribution < -0.4 is 17.0 Å². The molecule has 252 valence electrons. The minimum Gasteiger partial charge on any atom is -0.388 e. The van der Waals surface area contributed by atoms with Gasteiger partial charge in [0.15, 0.2) is 28.9 Å². The quantitative estimate of drug-likeness (QED) is 0.131. The van der Waals surface area contributed by atoms with E-state index in [0.717, 1.165) is 4.68 Å². The number of aliphatic hydroxyl groups excluding tert-OH is 1. The molecule has 4 aliphatic rings. The lowest BCUT2D eigenvalue weighted by atomic mass is 10.0. The molecular weight excluding hydrogens is 688 g/mol. The molecule has 0 amide bonds. The summed E-state index contributed by atoms with van der Waals surface area (Å²) in [5, 5.41) is 19.4. The van der Waals surface area contributed by atoms with E-state index in [0.29, 0.717) is 17.6 Å². The molecule has 1 spiro atoms. The number of aromatic nitrogens is 9. The van der Waals surface area contributed by atoms with Gasteiger partial charge in [-0.2, -0.15) is 9.67 Å². The summed E-state index contributed by atoms with van der Waals surface area (Å²) < 4.78 is 50.8. The van der Waals surface area contributed by atoms with Crippen molar-refractivity contribution in [3.8, 4) is 0 Å². The van der Waals surface area contributed by atoms with E-state index in [4.69, 9.17) is 50.8 Å². The molecule has 6 heterocycles. The summed E-state index contributed by atoms with van der Waals surface area (Å²) in [5.41, 5.74) is 10.3. The first-order valence-corrected chi connectivity index (χ1v) is 18.1. The minimum atomic E-state index is -4.96. The van der Waals surface area contributed by atoms with Gasteiger partial charge in [-0.05, 0) is 24.1 Å². The third kappa shape index (κ3) is 4.92. The number of phosphoric acid groups is 1. The summed E-state index contributed by atoms with van der Waals surface area (Å²) in [6, 6.07) is -0.727. The fourth-order valence-corrected chi connectivity index (χ4v) is 9.43. The Bertz CT molecular complexity index is 2060. The van der Waals surface area contributed by atoms with Gasteiger partial charge in [-0.3, -0.25) is 18.8 Å². The maximum atomic E-state index is 13.6. The van der Waals surface area contributed by atoms with Gasteiger partial charge in [-0.25, -0.2) is 19.5 Å². The SMILES string of the molecule is CO[C@H]1[C@H]2OP(=O)(O)OCC34C[C@@H]3[C@@H](n3cnc5c(N)ncnc53)[C@H](O)[C@@H]4OP(O)(=S)OC[C@H]1O[C@H]2n1nnc2c(=O)[nH]c(N)nc21. The zero-order chi connectivity index (χ0) is 33.0. The monoisotopic (exact) mass is 715 g/mol. The first kappa shape index (κ1) is 31.2. The molecule has 2 saturated heterocycles. The Morgan fingerprint density at radius 3 is 2.77 bits per heavy atom. The Kier molecular flexibility index (Phi) is 7.13. The van der Waals surface area contributed by atoms with Crippen molar-refractivity contribution in [3.63, 3.8) is 0 Å². The molecule has 2 aliphatic carbocycles. The van der Waals surface area contributed by atoms with Gasteiger partial charge < -0.3 is 49.4 Å². The number of H-pyrrole nitrogens is 1. The Labute approximate surface area is 267 Å². The number of anilines is 2. The lowest BCUT2D eigenvalue weighted by Crippen LogP contribution is -2.38. The number of rotatable bonds is 3. The second kappa shape index (κ2) is 10.7. The van der Waals surface area contributed by atoms with Crippen LogP contribution in [0.3, 0.4) is 0 Å². The van der Waals surface area contributed by atoms with Crippen LogP contribution in [0.5, 0.6) is 0 Å². The number of ether oxygens (including phenoxy) is 2. The zero-order valence-corrected chi connectivity index (χ0v) is 26.6. The second-order valence-electron chi connectivity index (χ2n) is 11.6. The summed E-state index contributed by atoms with van der Waals surface area (Å²) in [6.07, 6.45) is -4.53. The van der Waals surface area contributed by atoms with Crippen LogP contribution in [-0.4, -0.2) is 110 Å². The van der Waals surface area contributed by atoms with E-state index in [1.807, 2.05) is 0 Å². The Morgan fingerprint density at radius 2 is 1.98 bits per heavy atom. The van der Waals surface area contributed by atoms with Crippen LogP contribution in [0.2, 0.25) is 0 Å². The largest absolute Gasteiger partial charge is 0.472 e. The maximum absolute atomic E-state index is 13.6. The molecule has 47 heavy (non-hydrogen) atoms. The topological polar surface area (TPSA) is 305 Å². The number of hydrogen-bond acceptors (Lipinski definition) is 18. The normalized spacial score (nSPS) is 40.4. The van der Waals surface area contributed by atoms with E-state index in [-0.39, 0.29) is 22.9 Å². The van der Waals surface area contributed by atoms with Crippen molar-refractivity contribution < 1.29 is 47.0 Å². The molecule has 0 radical (unpaired) electrons. The smallest absolute Gasteiger partial charge is 0.388 e. The summed E-state index contributed by atoms with van der Waals surface area (Å²) in [4.78, 5) is 53.5. The van der Waals surface area contributed by atoms with Crippen molar-refractivity contribution in [3.05, 3.63) is 23.0 Å². The number of hydrogen-bond donors (Lipinski definition) is 6. The average Bonchev–Trinajstić information content (AvgIpc) is 3.30. The molecule has 4 aromatic rings. The maximum Gasteiger partial charge on any atom is 0.472 e. The van der Waals surface area contributed by atoms with Gasteiger partial charge in [0.1, 0.15) is 42.4 Å². The Morgan fingerprint density at radius 1 is 1.17 bits per heavy atom. The van der Waals surface area contributed by atoms with Crippen molar-refractivity contribution in [1.29, 1.82) is 0 Å². The highest BCUT2D eigenvalue weighted by molar-refractivity contribution is 8.07. The van der Waals surface area contributed by atoms with E-state index in [1.54, 1.807) is 4.57 Å². The lowest BCUT2D eigenvalue weighted by molar-refractivity contribution is -0.0669. The minimum absolute atomic E-state index is 0.112. The number of nitrogens with one attached hydrogen (secondary N) is 1. The first-order valence-electron chi connectivity index (χ1n) is 14.0. The Hall–Kier alpha value is -3.05. The molecule has 2 bridgehead atoms. The molecule has 2 aliphatic heterocycles. The first-order chi connectivity index (χ1) is 22.3. The summed E-state index contributed by atoms with van der Waals surface area (Å²) in [5.74, 6) is -0.516. The third-order valence-electron chi connectivity index (χ3n) is 9.08. The predicted molar refractivity (Wildman–Crippen MR) is 158 cm³/mol. The van der Waals surface area contributed by atoms with E-state index in [1.165, 1.54) is 19.8 Å². The number of nitrogens with zero attached hydrogens (tertiary/aromatic N) is 8.